The number of ether oxygens (including phenoxy) is 3. The van der Waals surface area contributed by atoms with E-state index < -0.39 is 0 Å². The second-order valence-electron chi connectivity index (χ2n) is 4.07. The van der Waals surface area contributed by atoms with E-state index in [0.717, 1.165) is 35.2 Å². The molecular formula is C14H22BrNO3. The van der Waals surface area contributed by atoms with Crippen LogP contribution >= 0.6 is 15.9 Å². The Balaban J connectivity index is 2.32. The molecule has 1 aromatic rings. The van der Waals surface area contributed by atoms with Gasteiger partial charge in [0.05, 0.1) is 11.1 Å². The van der Waals surface area contributed by atoms with Gasteiger partial charge >= 0.3 is 0 Å². The van der Waals surface area contributed by atoms with E-state index in [4.69, 9.17) is 19.9 Å². The van der Waals surface area contributed by atoms with Crippen molar-refractivity contribution >= 4 is 15.9 Å². The first-order valence-corrected chi connectivity index (χ1v) is 7.25. The van der Waals surface area contributed by atoms with E-state index in [0.29, 0.717) is 26.4 Å². The van der Waals surface area contributed by atoms with Crippen LogP contribution in [-0.2, 0) is 15.9 Å². The molecule has 0 radical (unpaired) electrons. The standard InChI is InChI=1S/C14H22BrNO3/c1-17-8-3-9-18-10-11-19-14-12(6-7-16)4-2-5-13(14)15/h2,4-5H,3,6-11,16H2,1H3. The van der Waals surface area contributed by atoms with Crippen LogP contribution in [0.2, 0.25) is 0 Å². The van der Waals surface area contributed by atoms with Crippen LogP contribution in [0.3, 0.4) is 0 Å². The van der Waals surface area contributed by atoms with E-state index in [1.165, 1.54) is 0 Å². The molecule has 0 fully saturated rings. The zero-order valence-corrected chi connectivity index (χ0v) is 12.9. The minimum absolute atomic E-state index is 0.535. The third-order valence-corrected chi connectivity index (χ3v) is 3.20. The van der Waals surface area contributed by atoms with Crippen molar-refractivity contribution in [2.45, 2.75) is 12.8 Å². The minimum Gasteiger partial charge on any atom is -0.490 e. The number of nitrogens with two attached hydrogens (primary N) is 1. The molecule has 0 aliphatic heterocycles. The summed E-state index contributed by atoms with van der Waals surface area (Å²) in [7, 11) is 1.69. The Morgan fingerprint density at radius 1 is 1.16 bits per heavy atom. The van der Waals surface area contributed by atoms with Gasteiger partial charge in [-0.25, -0.2) is 0 Å². The van der Waals surface area contributed by atoms with Gasteiger partial charge in [0, 0.05) is 20.3 Å². The van der Waals surface area contributed by atoms with Crippen LogP contribution in [0.25, 0.3) is 0 Å². The number of halogens is 1. The third-order valence-electron chi connectivity index (χ3n) is 2.57. The first kappa shape index (κ1) is 16.4. The normalized spacial score (nSPS) is 10.7. The summed E-state index contributed by atoms with van der Waals surface area (Å²) < 4.78 is 17.1. The Morgan fingerprint density at radius 3 is 2.74 bits per heavy atom. The minimum atomic E-state index is 0.535. The zero-order valence-electron chi connectivity index (χ0n) is 11.4. The van der Waals surface area contributed by atoms with E-state index in [2.05, 4.69) is 15.9 Å². The molecule has 0 spiro atoms. The van der Waals surface area contributed by atoms with E-state index in [9.17, 15) is 0 Å². The summed E-state index contributed by atoms with van der Waals surface area (Å²) >= 11 is 3.50. The van der Waals surface area contributed by atoms with Crippen molar-refractivity contribution in [1.82, 2.24) is 0 Å². The van der Waals surface area contributed by atoms with E-state index in [-0.39, 0.29) is 0 Å². The lowest BCUT2D eigenvalue weighted by Gasteiger charge is -2.13. The van der Waals surface area contributed by atoms with Gasteiger partial charge in [-0.3, -0.25) is 0 Å². The number of hydrogen-bond acceptors (Lipinski definition) is 4. The molecule has 0 atom stereocenters. The van der Waals surface area contributed by atoms with Crippen LogP contribution in [0.4, 0.5) is 0 Å². The van der Waals surface area contributed by atoms with Crippen LogP contribution in [0.15, 0.2) is 22.7 Å². The van der Waals surface area contributed by atoms with Crippen LogP contribution in [0.5, 0.6) is 5.75 Å². The average molecular weight is 332 g/mol. The van der Waals surface area contributed by atoms with Crippen molar-refractivity contribution in [3.63, 3.8) is 0 Å². The van der Waals surface area contributed by atoms with Gasteiger partial charge in [-0.15, -0.1) is 0 Å². The molecule has 0 unspecified atom stereocenters. The molecule has 0 aliphatic carbocycles. The highest BCUT2D eigenvalue weighted by Crippen LogP contribution is 2.29. The Hall–Kier alpha value is -0.620. The summed E-state index contributed by atoms with van der Waals surface area (Å²) in [5.41, 5.74) is 6.72. The van der Waals surface area contributed by atoms with Gasteiger partial charge in [-0.2, -0.15) is 0 Å². The predicted octanol–water partition coefficient (Wildman–Crippen LogP) is 2.38. The predicted molar refractivity (Wildman–Crippen MR) is 79.7 cm³/mol. The van der Waals surface area contributed by atoms with Crippen molar-refractivity contribution in [2.75, 3.05) is 40.1 Å². The molecule has 0 heterocycles. The summed E-state index contributed by atoms with van der Waals surface area (Å²) in [6, 6.07) is 5.99. The molecule has 0 saturated carbocycles. The molecule has 108 valence electrons. The smallest absolute Gasteiger partial charge is 0.136 e. The molecule has 19 heavy (non-hydrogen) atoms. The second kappa shape index (κ2) is 10.2. The molecule has 1 rings (SSSR count). The van der Waals surface area contributed by atoms with Crippen LogP contribution < -0.4 is 10.5 Å². The number of rotatable bonds is 10. The molecule has 0 amide bonds. The van der Waals surface area contributed by atoms with Gasteiger partial charge in [0.25, 0.3) is 0 Å². The number of benzene rings is 1. The van der Waals surface area contributed by atoms with E-state index >= 15 is 0 Å². The summed E-state index contributed by atoms with van der Waals surface area (Å²) in [4.78, 5) is 0. The Morgan fingerprint density at radius 2 is 2.00 bits per heavy atom. The fourth-order valence-corrected chi connectivity index (χ4v) is 2.20. The maximum absolute atomic E-state index is 5.77. The second-order valence-corrected chi connectivity index (χ2v) is 4.93. The van der Waals surface area contributed by atoms with Gasteiger partial charge < -0.3 is 19.9 Å². The van der Waals surface area contributed by atoms with Crippen molar-refractivity contribution in [2.24, 2.45) is 5.73 Å². The first-order chi connectivity index (χ1) is 9.29. The SMILES string of the molecule is COCCCOCCOc1c(Br)cccc1CCN. The van der Waals surface area contributed by atoms with Gasteiger partial charge in [-0.05, 0) is 46.9 Å². The molecule has 1 aromatic carbocycles. The topological polar surface area (TPSA) is 53.7 Å². The quantitative estimate of drug-likeness (QED) is 0.669. The maximum atomic E-state index is 5.77. The summed E-state index contributed by atoms with van der Waals surface area (Å²) in [6.07, 6.45) is 1.72. The van der Waals surface area contributed by atoms with Crippen molar-refractivity contribution in [1.29, 1.82) is 0 Å². The van der Waals surface area contributed by atoms with E-state index in [1.807, 2.05) is 18.2 Å². The van der Waals surface area contributed by atoms with Gasteiger partial charge in [0.2, 0.25) is 0 Å². The Bertz CT molecular complexity index is 361. The fraction of sp³-hybridized carbons (Fsp3) is 0.571. The Labute approximate surface area is 123 Å². The highest BCUT2D eigenvalue weighted by molar-refractivity contribution is 9.10. The number of methoxy groups -OCH3 is 1. The molecule has 0 aliphatic rings. The highest BCUT2D eigenvalue weighted by Gasteiger charge is 2.07. The lowest BCUT2D eigenvalue weighted by Crippen LogP contribution is -2.11. The Kier molecular flexibility index (Phi) is 8.82. The summed E-state index contributed by atoms with van der Waals surface area (Å²) in [6.45, 7) is 3.15. The molecular weight excluding hydrogens is 310 g/mol. The lowest BCUT2D eigenvalue weighted by atomic mass is 10.1. The highest BCUT2D eigenvalue weighted by atomic mass is 79.9. The maximum Gasteiger partial charge on any atom is 0.136 e. The average Bonchev–Trinajstić information content (AvgIpc) is 2.41. The van der Waals surface area contributed by atoms with Crippen LogP contribution in [0.1, 0.15) is 12.0 Å². The van der Waals surface area contributed by atoms with E-state index in [1.54, 1.807) is 7.11 Å². The van der Waals surface area contributed by atoms with Gasteiger partial charge in [0.15, 0.2) is 0 Å². The van der Waals surface area contributed by atoms with Crippen LogP contribution in [0, 0.1) is 0 Å². The molecule has 0 aromatic heterocycles. The van der Waals surface area contributed by atoms with Crippen molar-refractivity contribution in [3.05, 3.63) is 28.2 Å². The third kappa shape index (κ3) is 6.38. The van der Waals surface area contributed by atoms with Crippen molar-refractivity contribution in [3.8, 4) is 5.75 Å². The number of para-hydroxylation sites is 1. The summed E-state index contributed by atoms with van der Waals surface area (Å²) in [5, 5.41) is 0. The molecule has 0 bridgehead atoms. The largest absolute Gasteiger partial charge is 0.490 e. The first-order valence-electron chi connectivity index (χ1n) is 6.46. The molecule has 5 heteroatoms. The molecule has 2 N–H and O–H groups in total. The zero-order chi connectivity index (χ0) is 13.9. The van der Waals surface area contributed by atoms with Gasteiger partial charge in [-0.1, -0.05) is 12.1 Å². The lowest BCUT2D eigenvalue weighted by molar-refractivity contribution is 0.0802. The number of hydrogen-bond donors (Lipinski definition) is 1. The molecule has 0 saturated heterocycles. The monoisotopic (exact) mass is 331 g/mol. The molecule has 4 nitrogen and oxygen atoms in total. The summed E-state index contributed by atoms with van der Waals surface area (Å²) in [5.74, 6) is 0.869. The van der Waals surface area contributed by atoms with Crippen LogP contribution in [-0.4, -0.2) is 40.1 Å². The fourth-order valence-electron chi connectivity index (χ4n) is 1.68. The van der Waals surface area contributed by atoms with Gasteiger partial charge in [0.1, 0.15) is 12.4 Å². The van der Waals surface area contributed by atoms with Crippen molar-refractivity contribution < 1.29 is 14.2 Å².